The second-order valence-electron chi connectivity index (χ2n) is 7.49. The number of benzene rings is 1. The quantitative estimate of drug-likeness (QED) is 0.848. The predicted molar refractivity (Wildman–Crippen MR) is 98.7 cm³/mol. The number of piperazine rings is 1. The zero-order valence-electron chi connectivity index (χ0n) is 14.8. The summed E-state index contributed by atoms with van der Waals surface area (Å²) in [5, 5.41) is 0. The van der Waals surface area contributed by atoms with E-state index in [0.717, 1.165) is 38.4 Å². The Hall–Kier alpha value is -1.10. The van der Waals surface area contributed by atoms with E-state index in [9.17, 15) is 0 Å². The lowest BCUT2D eigenvalue weighted by atomic mass is 9.98. The Kier molecular flexibility index (Phi) is 5.36. The van der Waals surface area contributed by atoms with E-state index < -0.39 is 0 Å². The molecule has 4 nitrogen and oxygen atoms in total. The van der Waals surface area contributed by atoms with E-state index in [-0.39, 0.29) is 0 Å². The largest absolute Gasteiger partial charge is 0.381 e. The minimum absolute atomic E-state index is 0.763. The molecule has 3 fully saturated rings. The van der Waals surface area contributed by atoms with Gasteiger partial charge in [-0.25, -0.2) is 0 Å². The zero-order chi connectivity index (χ0) is 16.2. The van der Waals surface area contributed by atoms with Crippen LogP contribution in [-0.2, 0) is 4.74 Å². The highest BCUT2D eigenvalue weighted by Gasteiger charge is 2.31. The molecular formula is C20H31N3O. The first-order valence-electron chi connectivity index (χ1n) is 9.76. The third-order valence-corrected chi connectivity index (χ3v) is 6.09. The van der Waals surface area contributed by atoms with E-state index in [1.807, 2.05) is 0 Å². The summed E-state index contributed by atoms with van der Waals surface area (Å²) in [5.41, 5.74) is 1.38. The Morgan fingerprint density at radius 1 is 0.750 bits per heavy atom. The van der Waals surface area contributed by atoms with Gasteiger partial charge in [0.05, 0.1) is 0 Å². The summed E-state index contributed by atoms with van der Waals surface area (Å²) < 4.78 is 5.54. The SMILES string of the molecule is c1ccc(N2CCN(C3CCCN(C4CCOCC4)C3)CC2)cc1. The molecule has 3 aliphatic heterocycles. The van der Waals surface area contributed by atoms with Crippen LogP contribution in [0.25, 0.3) is 0 Å². The molecule has 4 rings (SSSR count). The van der Waals surface area contributed by atoms with E-state index in [4.69, 9.17) is 4.74 Å². The van der Waals surface area contributed by atoms with Gasteiger partial charge in [0.2, 0.25) is 0 Å². The molecule has 1 aromatic carbocycles. The normalized spacial score (nSPS) is 28.2. The van der Waals surface area contributed by atoms with Crippen molar-refractivity contribution in [3.8, 4) is 0 Å². The molecule has 3 aliphatic rings. The average Bonchev–Trinajstić information content (AvgIpc) is 2.70. The van der Waals surface area contributed by atoms with Crippen molar-refractivity contribution in [2.45, 2.75) is 37.8 Å². The number of ether oxygens (including phenoxy) is 1. The molecule has 3 saturated heterocycles. The Bertz CT molecular complexity index is 495. The maximum Gasteiger partial charge on any atom is 0.0480 e. The van der Waals surface area contributed by atoms with E-state index >= 15 is 0 Å². The molecule has 132 valence electrons. The van der Waals surface area contributed by atoms with Crippen LogP contribution in [0.4, 0.5) is 5.69 Å². The van der Waals surface area contributed by atoms with Gasteiger partial charge in [0.15, 0.2) is 0 Å². The van der Waals surface area contributed by atoms with E-state index in [0.29, 0.717) is 0 Å². The Balaban J connectivity index is 1.30. The summed E-state index contributed by atoms with van der Waals surface area (Å²) in [4.78, 5) is 8.06. The van der Waals surface area contributed by atoms with Crippen molar-refractivity contribution in [1.29, 1.82) is 0 Å². The molecule has 0 amide bonds. The molecule has 0 spiro atoms. The third kappa shape index (κ3) is 3.76. The van der Waals surface area contributed by atoms with Crippen LogP contribution >= 0.6 is 0 Å². The summed E-state index contributed by atoms with van der Waals surface area (Å²) >= 11 is 0. The van der Waals surface area contributed by atoms with Crippen molar-refractivity contribution in [3.63, 3.8) is 0 Å². The fourth-order valence-corrected chi connectivity index (χ4v) is 4.65. The number of hydrogen-bond donors (Lipinski definition) is 0. The molecule has 3 heterocycles. The van der Waals surface area contributed by atoms with Gasteiger partial charge in [-0.2, -0.15) is 0 Å². The first-order valence-corrected chi connectivity index (χ1v) is 9.76. The second-order valence-corrected chi connectivity index (χ2v) is 7.49. The molecule has 0 saturated carbocycles. The number of rotatable bonds is 3. The molecule has 0 aromatic heterocycles. The van der Waals surface area contributed by atoms with Gasteiger partial charge in [0.1, 0.15) is 0 Å². The van der Waals surface area contributed by atoms with Crippen molar-refractivity contribution < 1.29 is 4.74 Å². The fraction of sp³-hybridized carbons (Fsp3) is 0.700. The average molecular weight is 329 g/mol. The number of nitrogens with zero attached hydrogens (tertiary/aromatic N) is 3. The molecule has 4 heteroatoms. The lowest BCUT2D eigenvalue weighted by Gasteiger charge is -2.46. The first kappa shape index (κ1) is 16.4. The van der Waals surface area contributed by atoms with Crippen LogP contribution in [-0.4, -0.2) is 74.4 Å². The van der Waals surface area contributed by atoms with Crippen LogP contribution < -0.4 is 4.90 Å². The van der Waals surface area contributed by atoms with E-state index in [2.05, 4.69) is 45.0 Å². The molecule has 1 aromatic rings. The smallest absolute Gasteiger partial charge is 0.0480 e. The first-order chi connectivity index (χ1) is 11.9. The van der Waals surface area contributed by atoms with Crippen molar-refractivity contribution in [2.24, 2.45) is 0 Å². The Morgan fingerprint density at radius 3 is 2.25 bits per heavy atom. The molecule has 0 bridgehead atoms. The van der Waals surface area contributed by atoms with Crippen LogP contribution in [0.5, 0.6) is 0 Å². The maximum absolute atomic E-state index is 5.54. The highest BCUT2D eigenvalue weighted by Crippen LogP contribution is 2.24. The summed E-state index contributed by atoms with van der Waals surface area (Å²) in [5.74, 6) is 0. The molecule has 24 heavy (non-hydrogen) atoms. The standard InChI is InChI=1S/C20H31N3O/c1-2-5-18(6-3-1)21-11-13-22(14-12-21)20-7-4-10-23(17-20)19-8-15-24-16-9-19/h1-3,5-6,19-20H,4,7-17H2. The highest BCUT2D eigenvalue weighted by atomic mass is 16.5. The molecular weight excluding hydrogens is 298 g/mol. The van der Waals surface area contributed by atoms with Gasteiger partial charge in [-0.3, -0.25) is 9.80 Å². The summed E-state index contributed by atoms with van der Waals surface area (Å²) in [7, 11) is 0. The Morgan fingerprint density at radius 2 is 1.50 bits per heavy atom. The van der Waals surface area contributed by atoms with Crippen molar-refractivity contribution in [2.75, 3.05) is 57.4 Å². The summed E-state index contributed by atoms with van der Waals surface area (Å²) in [6.07, 6.45) is 5.20. The van der Waals surface area contributed by atoms with Crippen molar-refractivity contribution >= 4 is 5.69 Å². The topological polar surface area (TPSA) is 19.0 Å². The van der Waals surface area contributed by atoms with Crippen LogP contribution in [0.1, 0.15) is 25.7 Å². The predicted octanol–water partition coefficient (Wildman–Crippen LogP) is 2.45. The van der Waals surface area contributed by atoms with Crippen LogP contribution in [0, 0.1) is 0 Å². The summed E-state index contributed by atoms with van der Waals surface area (Å²) in [6.45, 7) is 9.24. The second kappa shape index (κ2) is 7.85. The van der Waals surface area contributed by atoms with Crippen molar-refractivity contribution in [3.05, 3.63) is 30.3 Å². The third-order valence-electron chi connectivity index (χ3n) is 6.09. The zero-order valence-corrected chi connectivity index (χ0v) is 14.8. The van der Waals surface area contributed by atoms with Gasteiger partial charge in [-0.1, -0.05) is 18.2 Å². The van der Waals surface area contributed by atoms with Gasteiger partial charge in [-0.15, -0.1) is 0 Å². The van der Waals surface area contributed by atoms with Crippen LogP contribution in [0.15, 0.2) is 30.3 Å². The van der Waals surface area contributed by atoms with Gasteiger partial charge >= 0.3 is 0 Å². The molecule has 0 N–H and O–H groups in total. The fourth-order valence-electron chi connectivity index (χ4n) is 4.65. The number of hydrogen-bond acceptors (Lipinski definition) is 4. The maximum atomic E-state index is 5.54. The molecule has 0 aliphatic carbocycles. The van der Waals surface area contributed by atoms with Gasteiger partial charge < -0.3 is 9.64 Å². The van der Waals surface area contributed by atoms with E-state index in [1.165, 1.54) is 57.5 Å². The number of piperidine rings is 1. The number of anilines is 1. The monoisotopic (exact) mass is 329 g/mol. The lowest BCUT2D eigenvalue weighted by molar-refractivity contribution is 0.00600. The Labute approximate surface area is 146 Å². The number of likely N-dealkylation sites (tertiary alicyclic amines) is 1. The minimum atomic E-state index is 0.763. The van der Waals surface area contributed by atoms with Crippen LogP contribution in [0.2, 0.25) is 0 Å². The molecule has 0 radical (unpaired) electrons. The van der Waals surface area contributed by atoms with E-state index in [1.54, 1.807) is 0 Å². The van der Waals surface area contributed by atoms with Gasteiger partial charge in [0, 0.05) is 63.7 Å². The molecule has 1 atom stereocenters. The highest BCUT2D eigenvalue weighted by molar-refractivity contribution is 5.46. The van der Waals surface area contributed by atoms with Gasteiger partial charge in [0.25, 0.3) is 0 Å². The summed E-state index contributed by atoms with van der Waals surface area (Å²) in [6, 6.07) is 12.4. The minimum Gasteiger partial charge on any atom is -0.381 e. The lowest BCUT2D eigenvalue weighted by Crippen LogP contribution is -2.56. The number of para-hydroxylation sites is 1. The molecule has 1 unspecified atom stereocenters. The van der Waals surface area contributed by atoms with Gasteiger partial charge in [-0.05, 0) is 44.4 Å². The van der Waals surface area contributed by atoms with Crippen LogP contribution in [0.3, 0.4) is 0 Å². The van der Waals surface area contributed by atoms with Crippen molar-refractivity contribution in [1.82, 2.24) is 9.80 Å².